The Hall–Kier alpha value is -0.600. The molecule has 5 heteroatoms. The first-order chi connectivity index (χ1) is 7.18. The zero-order valence-corrected chi connectivity index (χ0v) is 11.2. The number of nitrogens with two attached hydrogens (primary N) is 1. The molecule has 94 valence electrons. The van der Waals surface area contributed by atoms with E-state index < -0.39 is 9.84 Å². The van der Waals surface area contributed by atoms with E-state index in [1.807, 2.05) is 13.8 Å². The molecule has 0 bridgehead atoms. The van der Waals surface area contributed by atoms with Gasteiger partial charge < -0.3 is 5.73 Å². The normalized spacial score (nSPS) is 14.4. The predicted octanol–water partition coefficient (Wildman–Crippen LogP) is 1.47. The topological polar surface area (TPSA) is 84.0 Å². The molecule has 0 saturated carbocycles. The van der Waals surface area contributed by atoms with Gasteiger partial charge in [0.25, 0.3) is 0 Å². The largest absolute Gasteiger partial charge is 0.327 e. The molecule has 0 aliphatic rings. The Morgan fingerprint density at radius 3 is 2.38 bits per heavy atom. The number of nitriles is 1. The van der Waals surface area contributed by atoms with Crippen molar-refractivity contribution >= 4 is 9.84 Å². The average Bonchev–Trinajstić information content (AvgIpc) is 2.11. The van der Waals surface area contributed by atoms with Gasteiger partial charge in [0.1, 0.15) is 0 Å². The van der Waals surface area contributed by atoms with Crippen molar-refractivity contribution in [1.82, 2.24) is 0 Å². The van der Waals surface area contributed by atoms with Crippen LogP contribution in [0, 0.1) is 16.7 Å². The van der Waals surface area contributed by atoms with Crippen LogP contribution in [-0.4, -0.2) is 26.0 Å². The Bertz CT molecular complexity index is 339. The molecule has 0 saturated heterocycles. The molecule has 0 amide bonds. The molecule has 16 heavy (non-hydrogen) atoms. The number of sulfone groups is 1. The third-order valence-electron chi connectivity index (χ3n) is 2.33. The lowest BCUT2D eigenvalue weighted by Gasteiger charge is -2.14. The van der Waals surface area contributed by atoms with Crippen molar-refractivity contribution in [2.75, 3.05) is 11.5 Å². The lowest BCUT2D eigenvalue weighted by molar-refractivity contribution is 0.431. The number of hydrogen-bond acceptors (Lipinski definition) is 4. The second kappa shape index (κ2) is 6.21. The van der Waals surface area contributed by atoms with E-state index in [0.29, 0.717) is 6.42 Å². The fourth-order valence-corrected chi connectivity index (χ4v) is 3.04. The van der Waals surface area contributed by atoms with Crippen molar-refractivity contribution in [3.63, 3.8) is 0 Å². The highest BCUT2D eigenvalue weighted by molar-refractivity contribution is 7.91. The van der Waals surface area contributed by atoms with Crippen LogP contribution < -0.4 is 5.73 Å². The fraction of sp³-hybridized carbons (Fsp3) is 0.909. The van der Waals surface area contributed by atoms with Gasteiger partial charge in [-0.1, -0.05) is 6.42 Å². The number of nitrogens with zero attached hydrogens (tertiary/aromatic N) is 1. The Morgan fingerprint density at radius 2 is 1.94 bits per heavy atom. The molecular weight excluding hydrogens is 224 g/mol. The van der Waals surface area contributed by atoms with Crippen LogP contribution in [0.1, 0.15) is 40.0 Å². The molecule has 1 unspecified atom stereocenters. The summed E-state index contributed by atoms with van der Waals surface area (Å²) in [5, 5.41) is 8.79. The second-order valence-corrected chi connectivity index (χ2v) is 7.27. The number of unbranched alkanes of at least 4 members (excludes halogenated alkanes) is 1. The van der Waals surface area contributed by atoms with Gasteiger partial charge in [-0.2, -0.15) is 5.26 Å². The van der Waals surface area contributed by atoms with E-state index >= 15 is 0 Å². The lowest BCUT2D eigenvalue weighted by Crippen LogP contribution is -2.27. The summed E-state index contributed by atoms with van der Waals surface area (Å²) in [5.74, 6) is 0.227. The summed E-state index contributed by atoms with van der Waals surface area (Å²) in [4.78, 5) is 0. The van der Waals surface area contributed by atoms with Crippen LogP contribution in [-0.2, 0) is 9.84 Å². The zero-order valence-electron chi connectivity index (χ0n) is 10.4. The lowest BCUT2D eigenvalue weighted by atomic mass is 9.89. The highest BCUT2D eigenvalue weighted by Crippen LogP contribution is 2.21. The van der Waals surface area contributed by atoms with E-state index in [1.165, 1.54) is 0 Å². The molecule has 0 spiro atoms. The Balaban J connectivity index is 3.88. The summed E-state index contributed by atoms with van der Waals surface area (Å²) in [6, 6.07) is 1.90. The molecule has 0 aromatic carbocycles. The molecule has 0 aliphatic heterocycles. The van der Waals surface area contributed by atoms with Crippen molar-refractivity contribution < 1.29 is 8.42 Å². The van der Waals surface area contributed by atoms with Gasteiger partial charge in [-0.3, -0.25) is 0 Å². The molecule has 0 aromatic heterocycles. The van der Waals surface area contributed by atoms with Crippen LogP contribution >= 0.6 is 0 Å². The van der Waals surface area contributed by atoms with Crippen LogP contribution in [0.4, 0.5) is 0 Å². The van der Waals surface area contributed by atoms with Crippen molar-refractivity contribution in [2.24, 2.45) is 11.1 Å². The van der Waals surface area contributed by atoms with Crippen LogP contribution in [0.5, 0.6) is 0 Å². The standard InChI is InChI=1S/C11H22N2O2S/c1-10(13)8-16(14,15)7-5-4-6-11(2,3)9-12/h10H,4-8,13H2,1-3H3. The smallest absolute Gasteiger partial charge is 0.151 e. The average molecular weight is 246 g/mol. The molecule has 0 radical (unpaired) electrons. The summed E-state index contributed by atoms with van der Waals surface area (Å²) in [7, 11) is -3.01. The molecular formula is C11H22N2O2S. The minimum atomic E-state index is -3.01. The van der Waals surface area contributed by atoms with Crippen molar-refractivity contribution in [1.29, 1.82) is 5.26 Å². The van der Waals surface area contributed by atoms with Gasteiger partial charge in [0.15, 0.2) is 9.84 Å². The van der Waals surface area contributed by atoms with Gasteiger partial charge >= 0.3 is 0 Å². The van der Waals surface area contributed by atoms with Crippen LogP contribution in [0.15, 0.2) is 0 Å². The third kappa shape index (κ3) is 7.66. The van der Waals surface area contributed by atoms with Gasteiger partial charge in [-0.25, -0.2) is 8.42 Å². The van der Waals surface area contributed by atoms with Crippen molar-refractivity contribution in [3.8, 4) is 6.07 Å². The second-order valence-electron chi connectivity index (χ2n) is 5.04. The Labute approximate surface area is 98.7 Å². The van der Waals surface area contributed by atoms with E-state index in [9.17, 15) is 8.42 Å². The highest BCUT2D eigenvalue weighted by Gasteiger charge is 2.17. The first-order valence-corrected chi connectivity index (χ1v) is 7.38. The third-order valence-corrected chi connectivity index (χ3v) is 4.27. The summed E-state index contributed by atoms with van der Waals surface area (Å²) >= 11 is 0. The quantitative estimate of drug-likeness (QED) is 0.689. The summed E-state index contributed by atoms with van der Waals surface area (Å²) in [6.45, 7) is 5.42. The molecule has 2 N–H and O–H groups in total. The zero-order chi connectivity index (χ0) is 12.8. The van der Waals surface area contributed by atoms with Crippen LogP contribution in [0.25, 0.3) is 0 Å². The van der Waals surface area contributed by atoms with Gasteiger partial charge in [0.2, 0.25) is 0 Å². The van der Waals surface area contributed by atoms with Gasteiger partial charge in [0.05, 0.1) is 23.0 Å². The Morgan fingerprint density at radius 1 is 1.38 bits per heavy atom. The predicted molar refractivity (Wildman–Crippen MR) is 65.5 cm³/mol. The number of rotatable bonds is 7. The maximum Gasteiger partial charge on any atom is 0.151 e. The first kappa shape index (κ1) is 15.4. The minimum Gasteiger partial charge on any atom is -0.327 e. The van der Waals surface area contributed by atoms with Gasteiger partial charge in [0, 0.05) is 6.04 Å². The number of hydrogen-bond donors (Lipinski definition) is 1. The molecule has 0 aromatic rings. The van der Waals surface area contributed by atoms with E-state index in [4.69, 9.17) is 11.0 Å². The summed E-state index contributed by atoms with van der Waals surface area (Å²) in [6.07, 6.45) is 2.11. The molecule has 1 atom stereocenters. The monoisotopic (exact) mass is 246 g/mol. The summed E-state index contributed by atoms with van der Waals surface area (Å²) < 4.78 is 23.0. The fourth-order valence-electron chi connectivity index (χ4n) is 1.43. The Kier molecular flexibility index (Phi) is 5.98. The van der Waals surface area contributed by atoms with Gasteiger partial charge in [-0.15, -0.1) is 0 Å². The SMILES string of the molecule is CC(N)CS(=O)(=O)CCCCC(C)(C)C#N. The highest BCUT2D eigenvalue weighted by atomic mass is 32.2. The van der Waals surface area contributed by atoms with E-state index in [-0.39, 0.29) is 23.0 Å². The van der Waals surface area contributed by atoms with Crippen molar-refractivity contribution in [2.45, 2.75) is 46.1 Å². The maximum atomic E-state index is 11.5. The van der Waals surface area contributed by atoms with Crippen LogP contribution in [0.3, 0.4) is 0 Å². The van der Waals surface area contributed by atoms with E-state index in [2.05, 4.69) is 6.07 Å². The summed E-state index contributed by atoms with van der Waals surface area (Å²) in [5.41, 5.74) is 5.10. The first-order valence-electron chi connectivity index (χ1n) is 5.56. The van der Waals surface area contributed by atoms with E-state index in [1.54, 1.807) is 6.92 Å². The molecule has 4 nitrogen and oxygen atoms in total. The maximum absolute atomic E-state index is 11.5. The molecule has 0 heterocycles. The molecule has 0 aliphatic carbocycles. The minimum absolute atomic E-state index is 0.0502. The van der Waals surface area contributed by atoms with Crippen LogP contribution in [0.2, 0.25) is 0 Å². The van der Waals surface area contributed by atoms with E-state index in [0.717, 1.165) is 12.8 Å². The van der Waals surface area contributed by atoms with Crippen molar-refractivity contribution in [3.05, 3.63) is 0 Å². The molecule has 0 rings (SSSR count). The molecule has 0 fully saturated rings. The van der Waals surface area contributed by atoms with Gasteiger partial charge in [-0.05, 0) is 33.6 Å².